The molecule has 0 aliphatic carbocycles. The van der Waals surface area contributed by atoms with Gasteiger partial charge in [0.05, 0.1) is 34.0 Å². The third-order valence-electron chi connectivity index (χ3n) is 5.21. The molecule has 0 aliphatic heterocycles. The molecule has 171 valence electrons. The van der Waals surface area contributed by atoms with Crippen LogP contribution in [0.4, 0.5) is 0 Å². The summed E-state index contributed by atoms with van der Waals surface area (Å²) < 4.78 is 22.7. The van der Waals surface area contributed by atoms with Gasteiger partial charge in [-0.05, 0) is 41.0 Å². The van der Waals surface area contributed by atoms with Gasteiger partial charge < -0.3 is 28.8 Å². The molecular formula is C26H28O6Y. The molecule has 3 aromatic carbocycles. The molecule has 1 radical (unpaired) electrons. The number of benzene rings is 3. The first kappa shape index (κ1) is 27.2. The molecule has 33 heavy (non-hydrogen) atoms. The van der Waals surface area contributed by atoms with Crippen molar-refractivity contribution in [2.24, 2.45) is 0 Å². The van der Waals surface area contributed by atoms with Crippen LogP contribution in [0.1, 0.15) is 16.7 Å². The molecule has 7 heteroatoms. The van der Waals surface area contributed by atoms with Crippen molar-refractivity contribution in [2.75, 3.05) is 34.0 Å². The van der Waals surface area contributed by atoms with Crippen LogP contribution in [0.2, 0.25) is 0 Å². The maximum atomic E-state index is 11.6. The average molecular weight is 525 g/mol. The van der Waals surface area contributed by atoms with Crippen molar-refractivity contribution < 1.29 is 61.6 Å². The van der Waals surface area contributed by atoms with Crippen molar-refractivity contribution in [3.63, 3.8) is 0 Å². The maximum Gasteiger partial charge on any atom is 0.151 e. The Bertz CT molecular complexity index is 913. The van der Waals surface area contributed by atoms with Crippen molar-refractivity contribution in [3.8, 4) is 11.5 Å². The summed E-state index contributed by atoms with van der Waals surface area (Å²) in [7, 11) is 3.24. The molecule has 0 bridgehead atoms. The molecule has 3 rings (SSSR count). The van der Waals surface area contributed by atoms with E-state index in [-0.39, 0.29) is 52.5 Å². The summed E-state index contributed by atoms with van der Waals surface area (Å²) in [4.78, 5) is 11.6. The van der Waals surface area contributed by atoms with Gasteiger partial charge in [-0.15, -0.1) is 0 Å². The molecule has 0 heterocycles. The molecule has 0 aliphatic rings. The van der Waals surface area contributed by atoms with E-state index < -0.39 is 11.7 Å². The molecule has 0 saturated carbocycles. The van der Waals surface area contributed by atoms with Gasteiger partial charge in [0.25, 0.3) is 0 Å². The number of hydrogen-bond acceptors (Lipinski definition) is 6. The van der Waals surface area contributed by atoms with Gasteiger partial charge in [-0.1, -0.05) is 54.6 Å². The summed E-state index contributed by atoms with van der Waals surface area (Å²) in [6, 6.07) is 25.1. The quantitative estimate of drug-likeness (QED) is 0.288. The predicted octanol–water partition coefficient (Wildman–Crippen LogP) is 3.59. The number of methoxy groups -OCH3 is 2. The predicted molar refractivity (Wildman–Crippen MR) is 121 cm³/mol. The first-order valence-corrected chi connectivity index (χ1v) is 10.3. The van der Waals surface area contributed by atoms with Crippen LogP contribution in [0, 0.1) is 0 Å². The number of ether oxygens (including phenoxy) is 4. The van der Waals surface area contributed by atoms with Crippen LogP contribution in [0.25, 0.3) is 0 Å². The molecular weight excluding hydrogens is 497 g/mol. The second-order valence-electron chi connectivity index (χ2n) is 7.08. The number of carbonyl (C=O) groups excluding carboxylic acids is 1. The topological polar surface area (TPSA) is 74.2 Å². The fourth-order valence-electron chi connectivity index (χ4n) is 3.61. The van der Waals surface area contributed by atoms with E-state index in [1.807, 2.05) is 78.9 Å². The average Bonchev–Trinajstić information content (AvgIpc) is 2.87. The van der Waals surface area contributed by atoms with Crippen molar-refractivity contribution in [1.29, 1.82) is 0 Å². The molecule has 0 fully saturated rings. The van der Waals surface area contributed by atoms with Crippen molar-refractivity contribution in [3.05, 3.63) is 95.6 Å². The maximum absolute atomic E-state index is 11.6. The van der Waals surface area contributed by atoms with E-state index >= 15 is 0 Å². The van der Waals surface area contributed by atoms with E-state index in [1.54, 1.807) is 14.2 Å². The number of hydrogen-bond donors (Lipinski definition) is 1. The number of aliphatic hydroxyl groups excluding tert-OH is 1. The summed E-state index contributed by atoms with van der Waals surface area (Å²) in [5.41, 5.74) is 1.59. The summed E-state index contributed by atoms with van der Waals surface area (Å²) in [6.45, 7) is -0.127. The van der Waals surface area contributed by atoms with E-state index in [0.717, 1.165) is 28.2 Å². The Morgan fingerprint density at radius 3 is 1.73 bits per heavy atom. The fraction of sp³-hybridized carbons (Fsp3) is 0.269. The van der Waals surface area contributed by atoms with Gasteiger partial charge in [0.15, 0.2) is 6.29 Å². The number of rotatable bonds is 12. The summed E-state index contributed by atoms with van der Waals surface area (Å²) in [5, 5.41) is 9.07. The molecule has 1 N–H and O–H groups in total. The number of carbonyl (C=O) groups is 1. The van der Waals surface area contributed by atoms with Gasteiger partial charge in [0, 0.05) is 32.7 Å². The zero-order valence-electron chi connectivity index (χ0n) is 18.8. The number of aldehydes is 1. The van der Waals surface area contributed by atoms with Gasteiger partial charge >= 0.3 is 0 Å². The van der Waals surface area contributed by atoms with E-state index in [1.165, 1.54) is 0 Å². The first-order valence-electron chi connectivity index (χ1n) is 10.3. The second kappa shape index (κ2) is 13.6. The minimum absolute atomic E-state index is 0. The van der Waals surface area contributed by atoms with E-state index in [2.05, 4.69) is 0 Å². The van der Waals surface area contributed by atoms with Crippen LogP contribution in [0.5, 0.6) is 11.5 Å². The van der Waals surface area contributed by atoms with Gasteiger partial charge in [-0.2, -0.15) is 0 Å². The van der Waals surface area contributed by atoms with Crippen LogP contribution < -0.4 is 9.47 Å². The van der Waals surface area contributed by atoms with Gasteiger partial charge in [-0.25, -0.2) is 0 Å². The summed E-state index contributed by atoms with van der Waals surface area (Å²) in [5.74, 6) is 1.45. The van der Waals surface area contributed by atoms with E-state index in [9.17, 15) is 4.79 Å². The van der Waals surface area contributed by atoms with Crippen molar-refractivity contribution >= 4 is 6.29 Å². The SMILES string of the molecule is COc1ccc(C(OC[C@@H](C=O)OCCO)(c2ccccc2)c2ccc(OC)cc2)cc1.[Y]. The largest absolute Gasteiger partial charge is 0.497 e. The molecule has 0 amide bonds. The Labute approximate surface area is 219 Å². The standard InChI is InChI=1S/C26H28O6.Y/c1-29-23-12-8-21(9-13-23)26(20-6-4-3-5-7-20,22-10-14-24(30-2)15-11-22)32-19-25(18-28)31-17-16-27;/h3-15,18,25,27H,16-17,19H2,1-2H3;/t25-;/m1./s1. The Hall–Kier alpha value is -2.09. The Balaban J connectivity index is 0.00000385. The zero-order chi connectivity index (χ0) is 22.8. The Kier molecular flexibility index (Phi) is 11.2. The summed E-state index contributed by atoms with van der Waals surface area (Å²) >= 11 is 0. The minimum Gasteiger partial charge on any atom is -0.497 e. The van der Waals surface area contributed by atoms with Gasteiger partial charge in [-0.3, -0.25) is 0 Å². The molecule has 0 aromatic heterocycles. The van der Waals surface area contributed by atoms with E-state index in [4.69, 9.17) is 24.1 Å². The third-order valence-corrected chi connectivity index (χ3v) is 5.21. The van der Waals surface area contributed by atoms with Crippen LogP contribution in [0.15, 0.2) is 78.9 Å². The molecule has 3 aromatic rings. The van der Waals surface area contributed by atoms with E-state index in [0.29, 0.717) is 6.29 Å². The minimum atomic E-state index is -1.02. The van der Waals surface area contributed by atoms with Crippen molar-refractivity contribution in [2.45, 2.75) is 11.7 Å². The molecule has 6 nitrogen and oxygen atoms in total. The van der Waals surface area contributed by atoms with Crippen molar-refractivity contribution in [1.82, 2.24) is 0 Å². The first-order chi connectivity index (χ1) is 15.7. The normalized spacial score (nSPS) is 11.8. The second-order valence-corrected chi connectivity index (χ2v) is 7.08. The van der Waals surface area contributed by atoms with Crippen LogP contribution >= 0.6 is 0 Å². The van der Waals surface area contributed by atoms with Crippen LogP contribution in [-0.2, 0) is 52.6 Å². The Morgan fingerprint density at radius 2 is 1.30 bits per heavy atom. The van der Waals surface area contributed by atoms with Gasteiger partial charge in [0.1, 0.15) is 23.2 Å². The molecule has 0 saturated heterocycles. The zero-order valence-corrected chi connectivity index (χ0v) is 21.7. The van der Waals surface area contributed by atoms with Gasteiger partial charge in [0.2, 0.25) is 0 Å². The smallest absolute Gasteiger partial charge is 0.151 e. The molecule has 0 spiro atoms. The molecule has 0 unspecified atom stereocenters. The third kappa shape index (κ3) is 6.49. The number of aliphatic hydroxyl groups is 1. The molecule has 1 atom stereocenters. The van der Waals surface area contributed by atoms with Crippen LogP contribution in [0.3, 0.4) is 0 Å². The summed E-state index contributed by atoms with van der Waals surface area (Å²) in [6.07, 6.45) is -0.130. The monoisotopic (exact) mass is 525 g/mol. The Morgan fingerprint density at radius 1 is 0.818 bits per heavy atom. The van der Waals surface area contributed by atoms with Crippen LogP contribution in [-0.4, -0.2) is 51.5 Å². The fourth-order valence-corrected chi connectivity index (χ4v) is 3.61.